The minimum Gasteiger partial charge on any atom is -0.759 e. The smallest absolute Gasteiger partial charge is 0.759 e. The average Bonchev–Trinajstić information content (AvgIpc) is 1.92. The van der Waals surface area contributed by atoms with E-state index in [1.54, 1.807) is 0 Å². The largest absolute Gasteiger partial charge is 2.00 e. The summed E-state index contributed by atoms with van der Waals surface area (Å²) < 4.78 is 34.1. The third-order valence-corrected chi connectivity index (χ3v) is 1.22. The third-order valence-electron chi connectivity index (χ3n) is 1.22. The van der Waals surface area contributed by atoms with Crippen LogP contribution in [0.3, 0.4) is 0 Å². The molecule has 0 heterocycles. The SMILES string of the molecule is Cc1ccc(C)cc1.O=S(=O)([O-])[O-].[Ba+2]. The van der Waals surface area contributed by atoms with E-state index in [0.717, 1.165) is 0 Å². The Balaban J connectivity index is 0. The molecule has 1 rings (SSSR count). The molecule has 0 saturated carbocycles. The maximum absolute atomic E-state index is 8.52. The minimum atomic E-state index is -5.17. The zero-order chi connectivity index (χ0) is 10.5. The van der Waals surface area contributed by atoms with Crippen molar-refractivity contribution in [2.24, 2.45) is 0 Å². The van der Waals surface area contributed by atoms with Gasteiger partial charge in [-0.1, -0.05) is 35.4 Å². The molecule has 4 nitrogen and oxygen atoms in total. The van der Waals surface area contributed by atoms with E-state index in [4.69, 9.17) is 17.5 Å². The van der Waals surface area contributed by atoms with Crippen LogP contribution in [0.15, 0.2) is 24.3 Å². The number of benzene rings is 1. The Labute approximate surface area is 124 Å². The first-order chi connectivity index (χ1) is 5.79. The number of hydrogen-bond donors (Lipinski definition) is 0. The molecule has 0 N–H and O–H groups in total. The average molecular weight is 340 g/mol. The normalized spacial score (nSPS) is 9.43. The first-order valence-electron chi connectivity index (χ1n) is 3.49. The van der Waals surface area contributed by atoms with Gasteiger partial charge in [0.15, 0.2) is 0 Å². The van der Waals surface area contributed by atoms with Crippen molar-refractivity contribution in [1.82, 2.24) is 0 Å². The fourth-order valence-electron chi connectivity index (χ4n) is 0.637. The van der Waals surface area contributed by atoms with Gasteiger partial charge in [0.1, 0.15) is 0 Å². The molecule has 1 aromatic rings. The van der Waals surface area contributed by atoms with Gasteiger partial charge in [0.05, 0.1) is 0 Å². The predicted molar refractivity (Wildman–Crippen MR) is 52.1 cm³/mol. The van der Waals surface area contributed by atoms with Crippen LogP contribution in [0.25, 0.3) is 0 Å². The fourth-order valence-corrected chi connectivity index (χ4v) is 0.637. The second-order valence-corrected chi connectivity index (χ2v) is 3.38. The first-order valence-corrected chi connectivity index (χ1v) is 4.82. The molecule has 0 radical (unpaired) electrons. The van der Waals surface area contributed by atoms with E-state index < -0.39 is 10.4 Å². The van der Waals surface area contributed by atoms with Crippen LogP contribution in [0, 0.1) is 13.8 Å². The topological polar surface area (TPSA) is 80.3 Å². The van der Waals surface area contributed by atoms with Crippen molar-refractivity contribution in [3.8, 4) is 0 Å². The second kappa shape index (κ2) is 7.89. The number of rotatable bonds is 0. The molecule has 0 aliphatic rings. The van der Waals surface area contributed by atoms with E-state index in [0.29, 0.717) is 0 Å². The van der Waals surface area contributed by atoms with Gasteiger partial charge >= 0.3 is 48.9 Å². The van der Waals surface area contributed by atoms with Gasteiger partial charge in [-0.15, -0.1) is 0 Å². The van der Waals surface area contributed by atoms with Crippen molar-refractivity contribution in [2.45, 2.75) is 13.8 Å². The molecular weight excluding hydrogens is 329 g/mol. The molecule has 0 fully saturated rings. The van der Waals surface area contributed by atoms with Crippen molar-refractivity contribution in [3.05, 3.63) is 35.4 Å². The van der Waals surface area contributed by atoms with Gasteiger partial charge in [-0.05, 0) is 13.8 Å². The van der Waals surface area contributed by atoms with Crippen LogP contribution < -0.4 is 0 Å². The summed E-state index contributed by atoms with van der Waals surface area (Å²) in [5, 5.41) is 0. The quantitative estimate of drug-likeness (QED) is 0.393. The summed E-state index contributed by atoms with van der Waals surface area (Å²) in [7, 11) is -5.17. The van der Waals surface area contributed by atoms with Gasteiger partial charge in [0.25, 0.3) is 0 Å². The summed E-state index contributed by atoms with van der Waals surface area (Å²) in [6.07, 6.45) is 0. The molecule has 0 atom stereocenters. The Morgan fingerprint density at radius 3 is 1.21 bits per heavy atom. The fraction of sp³-hybridized carbons (Fsp3) is 0.250. The van der Waals surface area contributed by atoms with Crippen molar-refractivity contribution in [1.29, 1.82) is 0 Å². The second-order valence-electron chi connectivity index (χ2n) is 2.56. The van der Waals surface area contributed by atoms with E-state index >= 15 is 0 Å². The van der Waals surface area contributed by atoms with Crippen LogP contribution in [-0.2, 0) is 10.4 Å². The summed E-state index contributed by atoms with van der Waals surface area (Å²) >= 11 is 0. The Morgan fingerprint density at radius 2 is 1.07 bits per heavy atom. The number of hydrogen-bond acceptors (Lipinski definition) is 4. The molecule has 1 aromatic carbocycles. The van der Waals surface area contributed by atoms with Gasteiger partial charge in [0, 0.05) is 10.4 Å². The zero-order valence-electron chi connectivity index (χ0n) is 8.06. The standard InChI is InChI=1S/C8H10.Ba.H2O4S/c1-7-3-5-8(2)6-4-7;;1-5(2,3)4/h3-6H,1-2H3;;(H2,1,2,3,4)/q;+2;/p-2. The molecule has 0 unspecified atom stereocenters. The van der Waals surface area contributed by atoms with Gasteiger partial charge in [0.2, 0.25) is 0 Å². The summed E-state index contributed by atoms with van der Waals surface area (Å²) in [5.41, 5.74) is 2.66. The molecule has 0 aliphatic carbocycles. The molecular formula is C8H10BaO4S. The minimum absolute atomic E-state index is 0. The van der Waals surface area contributed by atoms with E-state index in [9.17, 15) is 0 Å². The molecule has 74 valence electrons. The number of aryl methyl sites for hydroxylation is 2. The maximum Gasteiger partial charge on any atom is 2.00 e. The van der Waals surface area contributed by atoms with Crippen molar-refractivity contribution in [2.75, 3.05) is 0 Å². The molecule has 0 aromatic heterocycles. The molecule has 0 aliphatic heterocycles. The predicted octanol–water partition coefficient (Wildman–Crippen LogP) is 0.585. The van der Waals surface area contributed by atoms with E-state index in [1.165, 1.54) is 11.1 Å². The van der Waals surface area contributed by atoms with Crippen LogP contribution in [-0.4, -0.2) is 66.4 Å². The molecule has 0 bridgehead atoms. The van der Waals surface area contributed by atoms with Gasteiger partial charge in [-0.2, -0.15) is 0 Å². The zero-order valence-corrected chi connectivity index (χ0v) is 13.3. The van der Waals surface area contributed by atoms with Crippen molar-refractivity contribution in [3.63, 3.8) is 0 Å². The third kappa shape index (κ3) is 15.1. The molecule has 6 heteroatoms. The first kappa shape index (κ1) is 17.1. The van der Waals surface area contributed by atoms with Gasteiger partial charge < -0.3 is 9.11 Å². The van der Waals surface area contributed by atoms with E-state index in [2.05, 4.69) is 38.1 Å². The molecule has 0 saturated heterocycles. The molecule has 14 heavy (non-hydrogen) atoms. The Kier molecular flexibility index (Phi) is 9.62. The molecule has 0 spiro atoms. The van der Waals surface area contributed by atoms with Crippen LogP contribution in [0.1, 0.15) is 11.1 Å². The Hall–Kier alpha value is 0.661. The summed E-state index contributed by atoms with van der Waals surface area (Å²) in [5.74, 6) is 0. The molecule has 0 amide bonds. The summed E-state index contributed by atoms with van der Waals surface area (Å²) in [4.78, 5) is 0. The summed E-state index contributed by atoms with van der Waals surface area (Å²) in [6, 6.07) is 8.48. The Bertz CT molecular complexity index is 315. The van der Waals surface area contributed by atoms with Crippen LogP contribution >= 0.6 is 0 Å². The summed E-state index contributed by atoms with van der Waals surface area (Å²) in [6.45, 7) is 4.19. The van der Waals surface area contributed by atoms with E-state index in [1.807, 2.05) is 0 Å². The van der Waals surface area contributed by atoms with Crippen LogP contribution in [0.5, 0.6) is 0 Å². The van der Waals surface area contributed by atoms with Gasteiger partial charge in [-0.25, -0.2) is 0 Å². The monoisotopic (exact) mass is 340 g/mol. The van der Waals surface area contributed by atoms with Gasteiger partial charge in [-0.3, -0.25) is 8.42 Å². The van der Waals surface area contributed by atoms with Crippen LogP contribution in [0.4, 0.5) is 0 Å². The van der Waals surface area contributed by atoms with Crippen LogP contribution in [0.2, 0.25) is 0 Å². The van der Waals surface area contributed by atoms with E-state index in [-0.39, 0.29) is 48.9 Å². The Morgan fingerprint density at radius 1 is 0.929 bits per heavy atom. The van der Waals surface area contributed by atoms with Crippen molar-refractivity contribution >= 4 is 59.3 Å². The maximum atomic E-state index is 8.52. The van der Waals surface area contributed by atoms with Crippen molar-refractivity contribution < 1.29 is 17.5 Å².